The number of halogens is 1. The highest BCUT2D eigenvalue weighted by molar-refractivity contribution is 8.05. The molecular weight excluding hydrogens is 453 g/mol. The Labute approximate surface area is 201 Å². The lowest BCUT2D eigenvalue weighted by Crippen LogP contribution is -2.31. The molecule has 8 heteroatoms. The summed E-state index contributed by atoms with van der Waals surface area (Å²) < 4.78 is 25.6. The second-order valence-electron chi connectivity index (χ2n) is 7.30. The molecule has 4 rings (SSSR count). The van der Waals surface area contributed by atoms with Crippen molar-refractivity contribution in [1.29, 1.82) is 5.26 Å². The number of amides is 1. The van der Waals surface area contributed by atoms with Gasteiger partial charge in [0.2, 0.25) is 0 Å². The summed E-state index contributed by atoms with van der Waals surface area (Å²) in [6.45, 7) is 2.54. The zero-order valence-electron chi connectivity index (χ0n) is 18.4. The van der Waals surface area contributed by atoms with Gasteiger partial charge in [-0.2, -0.15) is 5.26 Å². The van der Waals surface area contributed by atoms with Gasteiger partial charge in [-0.15, -0.1) is 0 Å². The molecule has 6 nitrogen and oxygen atoms in total. The van der Waals surface area contributed by atoms with Crippen LogP contribution in [0.1, 0.15) is 23.6 Å². The first-order valence-electron chi connectivity index (χ1n) is 10.7. The second kappa shape index (κ2) is 10.8. The Balaban J connectivity index is 1.48. The average molecular weight is 476 g/mol. The monoisotopic (exact) mass is 475 g/mol. The minimum absolute atomic E-state index is 0.228. The summed E-state index contributed by atoms with van der Waals surface area (Å²) in [6.07, 6.45) is 1.75. The summed E-state index contributed by atoms with van der Waals surface area (Å²) in [5, 5.41) is 15.0. The molecule has 1 heterocycles. The number of carbonyl (C=O) groups is 1. The molecule has 1 amide bonds. The van der Waals surface area contributed by atoms with Gasteiger partial charge in [0.25, 0.3) is 5.91 Å². The molecule has 0 radical (unpaired) electrons. The molecule has 34 heavy (non-hydrogen) atoms. The first-order valence-corrected chi connectivity index (χ1v) is 11.5. The first kappa shape index (κ1) is 23.2. The van der Waals surface area contributed by atoms with Crippen molar-refractivity contribution in [1.82, 2.24) is 5.32 Å². The zero-order chi connectivity index (χ0) is 23.9. The summed E-state index contributed by atoms with van der Waals surface area (Å²) in [4.78, 5) is 12.9. The Bertz CT molecular complexity index is 1270. The topological polar surface area (TPSA) is 83.4 Å². The molecule has 0 aliphatic carbocycles. The van der Waals surface area contributed by atoms with E-state index in [1.807, 2.05) is 31.2 Å². The van der Waals surface area contributed by atoms with Crippen molar-refractivity contribution in [2.24, 2.45) is 0 Å². The van der Waals surface area contributed by atoms with Gasteiger partial charge in [-0.3, -0.25) is 4.79 Å². The Kier molecular flexibility index (Phi) is 7.35. The SMILES string of the molecule is CCOc1cc(/C=C2\SC(Nc3ccccc3F)NC2=O)ccc1OCc1ccccc1C#N. The van der Waals surface area contributed by atoms with Crippen LogP contribution >= 0.6 is 11.8 Å². The standard InChI is InChI=1S/C26H22FN3O3S/c1-2-32-23-13-17(11-12-22(23)33-16-19-8-4-3-7-18(19)15-28)14-24-25(31)30-26(34-24)29-21-10-6-5-9-20(21)27/h3-14,26,29H,2,16H2,1H3,(H,30,31)/b24-14-. The summed E-state index contributed by atoms with van der Waals surface area (Å²) in [7, 11) is 0. The summed E-state index contributed by atoms with van der Waals surface area (Å²) in [5.74, 6) is 0.449. The smallest absolute Gasteiger partial charge is 0.260 e. The van der Waals surface area contributed by atoms with Crippen molar-refractivity contribution in [3.63, 3.8) is 0 Å². The van der Waals surface area contributed by atoms with Gasteiger partial charge < -0.3 is 20.1 Å². The van der Waals surface area contributed by atoms with E-state index < -0.39 is 5.50 Å². The zero-order valence-corrected chi connectivity index (χ0v) is 19.2. The predicted octanol–water partition coefficient (Wildman–Crippen LogP) is 5.27. The van der Waals surface area contributed by atoms with Crippen molar-refractivity contribution in [3.05, 3.63) is 94.1 Å². The van der Waals surface area contributed by atoms with Crippen LogP contribution in [0.3, 0.4) is 0 Å². The van der Waals surface area contributed by atoms with Gasteiger partial charge in [-0.1, -0.05) is 48.2 Å². The molecule has 0 bridgehead atoms. The van der Waals surface area contributed by atoms with E-state index in [-0.39, 0.29) is 18.3 Å². The number of hydrogen-bond acceptors (Lipinski definition) is 6. The lowest BCUT2D eigenvalue weighted by Gasteiger charge is -2.13. The third-order valence-corrected chi connectivity index (χ3v) is 6.01. The van der Waals surface area contributed by atoms with Gasteiger partial charge >= 0.3 is 0 Å². The molecule has 1 aliphatic heterocycles. The number of nitrogens with zero attached hydrogens (tertiary/aromatic N) is 1. The average Bonchev–Trinajstić information content (AvgIpc) is 3.18. The van der Waals surface area contributed by atoms with Gasteiger partial charge in [0.05, 0.1) is 28.8 Å². The molecule has 3 aromatic carbocycles. The van der Waals surface area contributed by atoms with Crippen molar-refractivity contribution in [3.8, 4) is 17.6 Å². The number of anilines is 1. The Hall–Kier alpha value is -3.96. The number of nitrogens with one attached hydrogen (secondary N) is 2. The number of hydrogen-bond donors (Lipinski definition) is 2. The van der Waals surface area contributed by atoms with E-state index in [1.165, 1.54) is 17.8 Å². The number of thioether (sulfide) groups is 1. The van der Waals surface area contributed by atoms with E-state index in [0.29, 0.717) is 34.3 Å². The van der Waals surface area contributed by atoms with Gasteiger partial charge in [0.1, 0.15) is 12.4 Å². The van der Waals surface area contributed by atoms with Crippen molar-refractivity contribution >= 4 is 29.4 Å². The normalized spacial score (nSPS) is 16.1. The molecule has 2 N–H and O–H groups in total. The number of benzene rings is 3. The van der Waals surface area contributed by atoms with Gasteiger partial charge in [0, 0.05) is 5.56 Å². The van der Waals surface area contributed by atoms with Crippen LogP contribution in [0.15, 0.2) is 71.6 Å². The van der Waals surface area contributed by atoms with E-state index in [1.54, 1.807) is 42.5 Å². The lowest BCUT2D eigenvalue weighted by molar-refractivity contribution is -0.116. The predicted molar refractivity (Wildman–Crippen MR) is 131 cm³/mol. The van der Waals surface area contributed by atoms with E-state index in [0.717, 1.165) is 11.1 Å². The van der Waals surface area contributed by atoms with Crippen LogP contribution in [-0.4, -0.2) is 18.0 Å². The van der Waals surface area contributed by atoms with Gasteiger partial charge in [-0.25, -0.2) is 4.39 Å². The highest BCUT2D eigenvalue weighted by Gasteiger charge is 2.27. The summed E-state index contributed by atoms with van der Waals surface area (Å²) >= 11 is 1.27. The molecule has 0 saturated carbocycles. The fourth-order valence-corrected chi connectivity index (χ4v) is 4.32. The fraction of sp³-hybridized carbons (Fsp3) is 0.154. The molecule has 172 valence electrons. The van der Waals surface area contributed by atoms with Crippen molar-refractivity contribution in [2.45, 2.75) is 19.0 Å². The van der Waals surface area contributed by atoms with E-state index >= 15 is 0 Å². The number of nitriles is 1. The third kappa shape index (κ3) is 5.50. The third-order valence-electron chi connectivity index (χ3n) is 4.98. The summed E-state index contributed by atoms with van der Waals surface area (Å²) in [5.41, 5.74) is 1.94. The first-order chi connectivity index (χ1) is 16.6. The lowest BCUT2D eigenvalue weighted by atomic mass is 10.1. The molecule has 0 aromatic heterocycles. The van der Waals surface area contributed by atoms with Gasteiger partial charge in [0.15, 0.2) is 17.0 Å². The molecule has 1 fully saturated rings. The number of para-hydroxylation sites is 1. The van der Waals surface area contributed by atoms with Gasteiger partial charge in [-0.05, 0) is 48.9 Å². The Morgan fingerprint density at radius 1 is 1.12 bits per heavy atom. The van der Waals surface area contributed by atoms with Crippen LogP contribution in [0, 0.1) is 17.1 Å². The Morgan fingerprint density at radius 2 is 1.91 bits per heavy atom. The maximum absolute atomic E-state index is 13.9. The molecule has 1 saturated heterocycles. The summed E-state index contributed by atoms with van der Waals surface area (Å²) in [6, 6.07) is 21.1. The molecule has 3 aromatic rings. The number of rotatable bonds is 8. The van der Waals surface area contributed by atoms with E-state index in [4.69, 9.17) is 9.47 Å². The van der Waals surface area contributed by atoms with E-state index in [9.17, 15) is 14.4 Å². The molecule has 1 atom stereocenters. The van der Waals surface area contributed by atoms with Crippen LogP contribution in [0.2, 0.25) is 0 Å². The molecule has 1 aliphatic rings. The quantitative estimate of drug-likeness (QED) is 0.432. The van der Waals surface area contributed by atoms with Crippen LogP contribution in [0.5, 0.6) is 11.5 Å². The maximum Gasteiger partial charge on any atom is 0.260 e. The minimum atomic E-state index is -0.482. The Morgan fingerprint density at radius 3 is 2.71 bits per heavy atom. The maximum atomic E-state index is 13.9. The highest BCUT2D eigenvalue weighted by atomic mass is 32.2. The largest absolute Gasteiger partial charge is 0.490 e. The van der Waals surface area contributed by atoms with Crippen LogP contribution < -0.4 is 20.1 Å². The van der Waals surface area contributed by atoms with E-state index in [2.05, 4.69) is 16.7 Å². The number of ether oxygens (including phenoxy) is 2. The number of carbonyl (C=O) groups excluding carboxylic acids is 1. The highest BCUT2D eigenvalue weighted by Crippen LogP contribution is 2.34. The molecular formula is C26H22FN3O3S. The van der Waals surface area contributed by atoms with Crippen molar-refractivity contribution < 1.29 is 18.7 Å². The fourth-order valence-electron chi connectivity index (χ4n) is 3.35. The minimum Gasteiger partial charge on any atom is -0.490 e. The van der Waals surface area contributed by atoms with Crippen LogP contribution in [0.25, 0.3) is 6.08 Å². The molecule has 1 unspecified atom stereocenters. The second-order valence-corrected chi connectivity index (χ2v) is 8.45. The van der Waals surface area contributed by atoms with Crippen molar-refractivity contribution in [2.75, 3.05) is 11.9 Å². The molecule has 0 spiro atoms. The van der Waals surface area contributed by atoms with Crippen LogP contribution in [0.4, 0.5) is 10.1 Å². The van der Waals surface area contributed by atoms with Crippen LogP contribution in [-0.2, 0) is 11.4 Å².